The van der Waals surface area contributed by atoms with Gasteiger partial charge in [0.25, 0.3) is 0 Å². The molecule has 120 valence electrons. The number of rotatable bonds is 5. The second-order valence-electron chi connectivity index (χ2n) is 5.93. The highest BCUT2D eigenvalue weighted by Crippen LogP contribution is 2.46. The van der Waals surface area contributed by atoms with Gasteiger partial charge in [0.05, 0.1) is 5.92 Å². The molecule has 1 aliphatic carbocycles. The molecule has 1 aromatic heterocycles. The zero-order valence-electron chi connectivity index (χ0n) is 12.4. The van der Waals surface area contributed by atoms with Gasteiger partial charge in [-0.25, -0.2) is 0 Å². The van der Waals surface area contributed by atoms with Crippen molar-refractivity contribution < 1.29 is 13.2 Å². The number of halogens is 3. The summed E-state index contributed by atoms with van der Waals surface area (Å²) >= 11 is 1.35. The summed E-state index contributed by atoms with van der Waals surface area (Å²) in [6.45, 7) is 4.89. The molecular formula is C14H22F3N3S. The molecule has 2 unspecified atom stereocenters. The van der Waals surface area contributed by atoms with Gasteiger partial charge >= 0.3 is 6.18 Å². The molecule has 1 fully saturated rings. The third kappa shape index (κ3) is 4.64. The maximum atomic E-state index is 13.1. The minimum absolute atomic E-state index is 0.220. The Labute approximate surface area is 127 Å². The fourth-order valence-corrected chi connectivity index (χ4v) is 3.85. The first-order valence-corrected chi connectivity index (χ1v) is 8.32. The molecule has 21 heavy (non-hydrogen) atoms. The highest BCUT2D eigenvalue weighted by molar-refractivity contribution is 7.11. The Morgan fingerprint density at radius 2 is 1.95 bits per heavy atom. The second-order valence-corrected chi connectivity index (χ2v) is 7.03. The first kappa shape index (κ1) is 16.7. The molecule has 2 rings (SSSR count). The van der Waals surface area contributed by atoms with Crippen LogP contribution in [0.15, 0.2) is 0 Å². The lowest BCUT2D eigenvalue weighted by Gasteiger charge is -2.31. The number of aromatic nitrogens is 2. The van der Waals surface area contributed by atoms with Crippen LogP contribution < -0.4 is 5.32 Å². The predicted octanol–water partition coefficient (Wildman–Crippen LogP) is 3.91. The molecule has 1 saturated carbocycles. The third-order valence-electron chi connectivity index (χ3n) is 3.88. The van der Waals surface area contributed by atoms with E-state index in [9.17, 15) is 13.2 Å². The molecule has 3 nitrogen and oxygen atoms in total. The Morgan fingerprint density at radius 1 is 1.24 bits per heavy atom. The summed E-state index contributed by atoms with van der Waals surface area (Å²) in [7, 11) is 0. The van der Waals surface area contributed by atoms with Crippen LogP contribution >= 0.6 is 11.3 Å². The molecule has 1 aliphatic rings. The van der Waals surface area contributed by atoms with Crippen LogP contribution in [0.2, 0.25) is 0 Å². The van der Waals surface area contributed by atoms with Gasteiger partial charge in [-0.05, 0) is 12.8 Å². The van der Waals surface area contributed by atoms with Crippen molar-refractivity contribution in [3.63, 3.8) is 0 Å². The van der Waals surface area contributed by atoms with E-state index in [1.165, 1.54) is 11.3 Å². The Bertz CT molecular complexity index is 445. The topological polar surface area (TPSA) is 37.8 Å². The summed E-state index contributed by atoms with van der Waals surface area (Å²) in [4.78, 5) is 0. The van der Waals surface area contributed by atoms with Crippen LogP contribution in [0.5, 0.6) is 0 Å². The number of nitrogens with one attached hydrogen (secondary N) is 1. The molecule has 1 aromatic rings. The quantitative estimate of drug-likeness (QED) is 0.893. The Balaban J connectivity index is 2.01. The summed E-state index contributed by atoms with van der Waals surface area (Å²) in [5.74, 6) is -1.75. The van der Waals surface area contributed by atoms with Gasteiger partial charge in [0.15, 0.2) is 0 Å². The minimum Gasteiger partial charge on any atom is -0.314 e. The van der Waals surface area contributed by atoms with Crippen LogP contribution in [0.25, 0.3) is 0 Å². The van der Waals surface area contributed by atoms with E-state index in [1.807, 2.05) is 0 Å². The molecule has 2 atom stereocenters. The van der Waals surface area contributed by atoms with Gasteiger partial charge in [0.2, 0.25) is 0 Å². The molecule has 1 heterocycles. The highest BCUT2D eigenvalue weighted by Gasteiger charge is 2.47. The SMILES string of the molecule is CC(C)NCCc1nnc(C2CCCCC2C(F)(F)F)s1. The monoisotopic (exact) mass is 321 g/mol. The maximum Gasteiger partial charge on any atom is 0.392 e. The van der Waals surface area contributed by atoms with Crippen molar-refractivity contribution in [3.05, 3.63) is 10.0 Å². The average Bonchev–Trinajstić information content (AvgIpc) is 2.86. The summed E-state index contributed by atoms with van der Waals surface area (Å²) in [6, 6.07) is 0.394. The van der Waals surface area contributed by atoms with E-state index in [0.717, 1.165) is 24.4 Å². The maximum absolute atomic E-state index is 13.1. The number of hydrogen-bond donors (Lipinski definition) is 1. The minimum atomic E-state index is -4.13. The average molecular weight is 321 g/mol. The molecule has 0 aliphatic heterocycles. The summed E-state index contributed by atoms with van der Waals surface area (Å²) in [5, 5.41) is 12.8. The molecule has 0 spiro atoms. The standard InChI is InChI=1S/C14H22F3N3S/c1-9(2)18-8-7-12-19-20-13(21-12)10-5-3-4-6-11(10)14(15,16)17/h9-11,18H,3-8H2,1-2H3. The van der Waals surface area contributed by atoms with Crippen molar-refractivity contribution in [3.8, 4) is 0 Å². The summed E-state index contributed by atoms with van der Waals surface area (Å²) < 4.78 is 39.4. The van der Waals surface area contributed by atoms with E-state index in [1.54, 1.807) is 0 Å². The lowest BCUT2D eigenvalue weighted by molar-refractivity contribution is -0.187. The van der Waals surface area contributed by atoms with Crippen LogP contribution in [0, 0.1) is 5.92 Å². The van der Waals surface area contributed by atoms with Crippen molar-refractivity contribution >= 4 is 11.3 Å². The van der Waals surface area contributed by atoms with Crippen molar-refractivity contribution in [1.29, 1.82) is 0 Å². The van der Waals surface area contributed by atoms with Gasteiger partial charge in [-0.3, -0.25) is 0 Å². The van der Waals surface area contributed by atoms with Crippen molar-refractivity contribution in [2.24, 2.45) is 5.92 Å². The van der Waals surface area contributed by atoms with Gasteiger partial charge in [-0.15, -0.1) is 21.5 Å². The normalized spacial score (nSPS) is 23.7. The summed E-state index contributed by atoms with van der Waals surface area (Å²) in [5.41, 5.74) is 0. The lowest BCUT2D eigenvalue weighted by Crippen LogP contribution is -2.31. The van der Waals surface area contributed by atoms with Gasteiger partial charge in [-0.2, -0.15) is 13.2 Å². The predicted molar refractivity (Wildman–Crippen MR) is 77.5 cm³/mol. The summed E-state index contributed by atoms with van der Waals surface area (Å²) in [6.07, 6.45) is -1.11. The van der Waals surface area contributed by atoms with E-state index in [0.29, 0.717) is 23.9 Å². The van der Waals surface area contributed by atoms with E-state index >= 15 is 0 Å². The molecule has 0 amide bonds. The van der Waals surface area contributed by atoms with Gasteiger partial charge < -0.3 is 5.32 Å². The zero-order valence-corrected chi connectivity index (χ0v) is 13.2. The molecule has 0 saturated heterocycles. The first-order valence-electron chi connectivity index (χ1n) is 7.50. The Kier molecular flexibility index (Phi) is 5.60. The fraction of sp³-hybridized carbons (Fsp3) is 0.857. The van der Waals surface area contributed by atoms with Crippen molar-refractivity contribution in [2.75, 3.05) is 6.54 Å². The molecule has 7 heteroatoms. The third-order valence-corrected chi connectivity index (χ3v) is 4.99. The molecular weight excluding hydrogens is 299 g/mol. The van der Waals surface area contributed by atoms with Crippen LogP contribution in [0.4, 0.5) is 13.2 Å². The number of alkyl halides is 3. The lowest BCUT2D eigenvalue weighted by atomic mass is 9.79. The van der Waals surface area contributed by atoms with Crippen molar-refractivity contribution in [1.82, 2.24) is 15.5 Å². The largest absolute Gasteiger partial charge is 0.392 e. The second kappa shape index (κ2) is 7.05. The van der Waals surface area contributed by atoms with Gasteiger partial charge in [0.1, 0.15) is 10.0 Å². The molecule has 1 N–H and O–H groups in total. The van der Waals surface area contributed by atoms with Gasteiger partial charge in [-0.1, -0.05) is 26.7 Å². The van der Waals surface area contributed by atoms with Crippen LogP contribution in [-0.4, -0.2) is 29.0 Å². The van der Waals surface area contributed by atoms with Crippen molar-refractivity contribution in [2.45, 2.75) is 64.1 Å². The fourth-order valence-electron chi connectivity index (χ4n) is 2.80. The smallest absolute Gasteiger partial charge is 0.314 e. The van der Waals surface area contributed by atoms with E-state index < -0.39 is 18.0 Å². The Hall–Kier alpha value is -0.690. The zero-order chi connectivity index (χ0) is 15.5. The van der Waals surface area contributed by atoms with Crippen LogP contribution in [-0.2, 0) is 6.42 Å². The van der Waals surface area contributed by atoms with Gasteiger partial charge in [0, 0.05) is 24.9 Å². The van der Waals surface area contributed by atoms with Crippen LogP contribution in [0.3, 0.4) is 0 Å². The van der Waals surface area contributed by atoms with E-state index in [-0.39, 0.29) is 6.42 Å². The van der Waals surface area contributed by atoms with E-state index in [2.05, 4.69) is 29.4 Å². The first-order chi connectivity index (χ1) is 9.88. The van der Waals surface area contributed by atoms with E-state index in [4.69, 9.17) is 0 Å². The molecule has 0 aromatic carbocycles. The number of hydrogen-bond acceptors (Lipinski definition) is 4. The Morgan fingerprint density at radius 3 is 2.62 bits per heavy atom. The number of nitrogens with zero attached hydrogens (tertiary/aromatic N) is 2. The molecule has 0 bridgehead atoms. The van der Waals surface area contributed by atoms with Crippen LogP contribution in [0.1, 0.15) is 55.5 Å². The highest BCUT2D eigenvalue weighted by atomic mass is 32.1. The molecule has 0 radical (unpaired) electrons.